The van der Waals surface area contributed by atoms with Gasteiger partial charge >= 0.3 is 6.01 Å². The molecule has 3 unspecified atom stereocenters. The van der Waals surface area contributed by atoms with E-state index in [0.29, 0.717) is 23.4 Å². The number of hydrogen-bond donors (Lipinski definition) is 0. The number of pyridine rings is 1. The van der Waals surface area contributed by atoms with Gasteiger partial charge in [0.15, 0.2) is 0 Å². The molecule has 4 aromatic rings. The van der Waals surface area contributed by atoms with Crippen LogP contribution in [0, 0.1) is 18.3 Å². The maximum Gasteiger partial charge on any atom is 0.316 e. The number of hydrogen-bond acceptors (Lipinski definition) is 9. The van der Waals surface area contributed by atoms with Crippen molar-refractivity contribution in [3.05, 3.63) is 76.3 Å². The van der Waals surface area contributed by atoms with Crippen molar-refractivity contribution in [3.8, 4) is 12.1 Å². The van der Waals surface area contributed by atoms with E-state index in [2.05, 4.69) is 63.0 Å². The van der Waals surface area contributed by atoms with Crippen LogP contribution in [0.2, 0.25) is 0 Å². The number of thiazole rings is 1. The molecular weight excluding hydrogens is 484 g/mol. The van der Waals surface area contributed by atoms with Gasteiger partial charge in [-0.05, 0) is 50.5 Å². The number of nitrogens with zero attached hydrogens (tertiary/aromatic N) is 6. The van der Waals surface area contributed by atoms with Crippen LogP contribution >= 0.6 is 11.3 Å². The Balaban J connectivity index is 1.26. The molecule has 4 heterocycles. The zero-order valence-electron chi connectivity index (χ0n) is 21.3. The van der Waals surface area contributed by atoms with Crippen molar-refractivity contribution < 1.29 is 9.47 Å². The lowest BCUT2D eigenvalue weighted by Gasteiger charge is -2.22. The molecule has 0 saturated carbocycles. The first kappa shape index (κ1) is 25.2. The average molecular weight is 515 g/mol. The van der Waals surface area contributed by atoms with Crippen LogP contribution in [0.4, 0.5) is 0 Å². The van der Waals surface area contributed by atoms with Gasteiger partial charge in [0, 0.05) is 32.0 Å². The Kier molecular flexibility index (Phi) is 7.70. The number of aryl methyl sites for hydroxylation is 1. The molecule has 0 spiro atoms. The summed E-state index contributed by atoms with van der Waals surface area (Å²) in [6, 6.07) is 14.7. The molecule has 1 aliphatic heterocycles. The van der Waals surface area contributed by atoms with Crippen molar-refractivity contribution in [2.24, 2.45) is 0 Å². The largest absolute Gasteiger partial charge is 0.459 e. The van der Waals surface area contributed by atoms with Gasteiger partial charge in [-0.25, -0.2) is 9.97 Å². The van der Waals surface area contributed by atoms with Crippen LogP contribution in [0.15, 0.2) is 48.8 Å². The van der Waals surface area contributed by atoms with E-state index in [0.717, 1.165) is 47.5 Å². The molecule has 3 atom stereocenters. The van der Waals surface area contributed by atoms with Gasteiger partial charge in [0.25, 0.3) is 0 Å². The van der Waals surface area contributed by atoms with Crippen LogP contribution < -0.4 is 4.74 Å². The van der Waals surface area contributed by atoms with Crippen molar-refractivity contribution in [1.29, 1.82) is 5.26 Å². The number of aromatic nitrogens is 4. The van der Waals surface area contributed by atoms with Gasteiger partial charge in [0.05, 0.1) is 34.4 Å². The molecule has 37 heavy (non-hydrogen) atoms. The maximum atomic E-state index is 9.93. The molecule has 5 rings (SSSR count). The highest BCUT2D eigenvalue weighted by atomic mass is 32.1. The van der Waals surface area contributed by atoms with Gasteiger partial charge in [0.2, 0.25) is 0 Å². The van der Waals surface area contributed by atoms with Crippen molar-refractivity contribution in [2.75, 3.05) is 13.1 Å². The van der Waals surface area contributed by atoms with Crippen LogP contribution in [0.5, 0.6) is 6.01 Å². The van der Waals surface area contributed by atoms with E-state index in [9.17, 15) is 5.26 Å². The molecule has 0 aliphatic carbocycles. The van der Waals surface area contributed by atoms with Gasteiger partial charge in [0.1, 0.15) is 23.0 Å². The van der Waals surface area contributed by atoms with Crippen molar-refractivity contribution in [1.82, 2.24) is 24.8 Å². The summed E-state index contributed by atoms with van der Waals surface area (Å²) in [5.41, 5.74) is 4.52. The fourth-order valence-corrected chi connectivity index (χ4v) is 5.72. The van der Waals surface area contributed by atoms with E-state index in [1.807, 2.05) is 19.1 Å². The third kappa shape index (κ3) is 6.10. The highest BCUT2D eigenvalue weighted by Crippen LogP contribution is 2.31. The second-order valence-corrected chi connectivity index (χ2v) is 10.6. The Bertz CT molecular complexity index is 1420. The summed E-state index contributed by atoms with van der Waals surface area (Å²) in [4.78, 5) is 20.2. The summed E-state index contributed by atoms with van der Waals surface area (Å²) >= 11 is 1.49. The van der Waals surface area contributed by atoms with E-state index in [-0.39, 0.29) is 12.1 Å². The maximum absolute atomic E-state index is 9.93. The molecule has 0 N–H and O–H groups in total. The summed E-state index contributed by atoms with van der Waals surface area (Å²) in [5.74, 6) is -0.604. The minimum absolute atomic E-state index is 0.231. The van der Waals surface area contributed by atoms with E-state index < -0.39 is 5.92 Å². The molecule has 1 saturated heterocycles. The smallest absolute Gasteiger partial charge is 0.316 e. The van der Waals surface area contributed by atoms with Gasteiger partial charge in [-0.15, -0.1) is 11.3 Å². The summed E-state index contributed by atoms with van der Waals surface area (Å²) in [6.07, 6.45) is 4.96. The van der Waals surface area contributed by atoms with Crippen molar-refractivity contribution in [3.63, 3.8) is 0 Å². The summed E-state index contributed by atoms with van der Waals surface area (Å²) < 4.78 is 12.9. The number of ether oxygens (including phenoxy) is 2. The molecule has 3 aromatic heterocycles. The quantitative estimate of drug-likeness (QED) is 0.339. The topological polar surface area (TPSA) is 97.0 Å². The predicted molar refractivity (Wildman–Crippen MR) is 142 cm³/mol. The molecule has 1 fully saturated rings. The molecule has 9 heteroatoms. The molecule has 0 radical (unpaired) electrons. The third-order valence-electron chi connectivity index (χ3n) is 6.43. The van der Waals surface area contributed by atoms with Crippen molar-refractivity contribution >= 4 is 21.6 Å². The van der Waals surface area contributed by atoms with Crippen LogP contribution in [0.3, 0.4) is 0 Å². The fourth-order valence-electron chi connectivity index (χ4n) is 4.65. The standard InChI is InChI=1S/C28H30N6O2S/c1-18-9-12-34(15-19(2)36-18)16-21-5-4-6-22(13-21)17-35-28-31-10-7-24(32-28)23(14-29)27-33-26-20(3)30-11-8-25(26)37-27/h4-8,10-11,13,18-19,23H,9,12,15-17H2,1-3H3. The van der Waals surface area contributed by atoms with E-state index in [1.165, 1.54) is 16.9 Å². The zero-order valence-corrected chi connectivity index (χ0v) is 22.1. The zero-order chi connectivity index (χ0) is 25.8. The molecule has 8 nitrogen and oxygen atoms in total. The first-order valence-corrected chi connectivity index (χ1v) is 13.3. The first-order valence-electron chi connectivity index (χ1n) is 12.5. The Morgan fingerprint density at radius 2 is 1.97 bits per heavy atom. The molecule has 190 valence electrons. The SMILES string of the molecule is Cc1nccc2sc(C(C#N)c3ccnc(OCc4cccc(CN5CCC(C)OC(C)C5)c4)n3)nc12. The lowest BCUT2D eigenvalue weighted by Crippen LogP contribution is -2.29. The highest BCUT2D eigenvalue weighted by Gasteiger charge is 2.22. The van der Waals surface area contributed by atoms with Gasteiger partial charge in [-0.1, -0.05) is 24.3 Å². The fraction of sp³-hybridized carbons (Fsp3) is 0.393. The number of fused-ring (bicyclic) bond motifs is 1. The van der Waals surface area contributed by atoms with Crippen LogP contribution in [0.1, 0.15) is 53.7 Å². The first-order chi connectivity index (χ1) is 18.0. The van der Waals surface area contributed by atoms with Gasteiger partial charge in [-0.3, -0.25) is 9.88 Å². The van der Waals surface area contributed by atoms with Crippen molar-refractivity contribution in [2.45, 2.75) is 58.5 Å². The van der Waals surface area contributed by atoms with Gasteiger partial charge in [-0.2, -0.15) is 10.2 Å². The minimum atomic E-state index is -0.604. The second kappa shape index (κ2) is 11.3. The minimum Gasteiger partial charge on any atom is -0.459 e. The lowest BCUT2D eigenvalue weighted by atomic mass is 10.1. The number of rotatable bonds is 7. The summed E-state index contributed by atoms with van der Waals surface area (Å²) in [5, 5.41) is 10.6. The molecule has 0 bridgehead atoms. The molecule has 1 aromatic carbocycles. The predicted octanol–water partition coefficient (Wildman–Crippen LogP) is 5.02. The Morgan fingerprint density at radius 3 is 2.81 bits per heavy atom. The number of benzene rings is 1. The van der Waals surface area contributed by atoms with Crippen LogP contribution in [0.25, 0.3) is 10.2 Å². The highest BCUT2D eigenvalue weighted by molar-refractivity contribution is 7.18. The van der Waals surface area contributed by atoms with E-state index in [4.69, 9.17) is 9.47 Å². The summed E-state index contributed by atoms with van der Waals surface area (Å²) in [7, 11) is 0. The van der Waals surface area contributed by atoms with Crippen LogP contribution in [-0.4, -0.2) is 50.1 Å². The third-order valence-corrected chi connectivity index (χ3v) is 7.52. The van der Waals surface area contributed by atoms with E-state index >= 15 is 0 Å². The number of nitriles is 1. The lowest BCUT2D eigenvalue weighted by molar-refractivity contribution is 0.0138. The van der Waals surface area contributed by atoms with E-state index in [1.54, 1.807) is 18.5 Å². The molecule has 1 aliphatic rings. The van der Waals surface area contributed by atoms with Gasteiger partial charge < -0.3 is 9.47 Å². The normalized spacial score (nSPS) is 19.3. The Labute approximate surface area is 220 Å². The molecule has 0 amide bonds. The Morgan fingerprint density at radius 1 is 1.14 bits per heavy atom. The second-order valence-electron chi connectivity index (χ2n) is 9.51. The van der Waals surface area contributed by atoms with Crippen LogP contribution in [-0.2, 0) is 17.9 Å². The Hall–Kier alpha value is -3.45. The summed E-state index contributed by atoms with van der Waals surface area (Å²) in [6.45, 7) is 9.37. The average Bonchev–Trinajstić information content (AvgIpc) is 3.25. The molecular formula is C28H30N6O2S. The monoisotopic (exact) mass is 514 g/mol.